The first-order valence-corrected chi connectivity index (χ1v) is 8.95. The van der Waals surface area contributed by atoms with Gasteiger partial charge in [0.25, 0.3) is 5.69 Å². The molecule has 4 heteroatoms. The quantitative estimate of drug-likeness (QED) is 0.394. The van der Waals surface area contributed by atoms with Crippen LogP contribution in [0.4, 0.5) is 5.69 Å². The predicted octanol–water partition coefficient (Wildman–Crippen LogP) is 4.68. The SMILES string of the molecule is CBc1ccc2c(c1)C(C)(C)c1cc(-c3ccccc3[N+](=O)[O-])ccc1-2. The van der Waals surface area contributed by atoms with Crippen LogP contribution in [0.3, 0.4) is 0 Å². The van der Waals surface area contributed by atoms with Gasteiger partial charge in [0, 0.05) is 11.5 Å². The van der Waals surface area contributed by atoms with E-state index in [1.807, 2.05) is 18.2 Å². The van der Waals surface area contributed by atoms with Gasteiger partial charge < -0.3 is 0 Å². The van der Waals surface area contributed by atoms with E-state index in [0.29, 0.717) is 5.56 Å². The van der Waals surface area contributed by atoms with Gasteiger partial charge in [-0.05, 0) is 39.9 Å². The lowest BCUT2D eigenvalue weighted by atomic mass is 9.71. The van der Waals surface area contributed by atoms with Crippen LogP contribution in [0.2, 0.25) is 6.82 Å². The molecule has 0 radical (unpaired) electrons. The van der Waals surface area contributed by atoms with Gasteiger partial charge in [0.15, 0.2) is 7.28 Å². The van der Waals surface area contributed by atoms with Gasteiger partial charge in [-0.1, -0.05) is 68.6 Å². The highest BCUT2D eigenvalue weighted by atomic mass is 16.6. The van der Waals surface area contributed by atoms with Crippen LogP contribution in [-0.4, -0.2) is 12.2 Å². The van der Waals surface area contributed by atoms with Crippen LogP contribution in [0.5, 0.6) is 0 Å². The summed E-state index contributed by atoms with van der Waals surface area (Å²) < 4.78 is 0. The van der Waals surface area contributed by atoms with Crippen LogP contribution in [0.1, 0.15) is 25.0 Å². The topological polar surface area (TPSA) is 43.1 Å². The van der Waals surface area contributed by atoms with E-state index < -0.39 is 0 Å². The zero-order valence-electron chi connectivity index (χ0n) is 15.2. The first-order valence-electron chi connectivity index (χ1n) is 8.95. The minimum absolute atomic E-state index is 0.116. The van der Waals surface area contributed by atoms with Gasteiger partial charge in [0.1, 0.15) is 0 Å². The minimum Gasteiger partial charge on any atom is -0.258 e. The van der Waals surface area contributed by atoms with Gasteiger partial charge in [-0.2, -0.15) is 0 Å². The van der Waals surface area contributed by atoms with E-state index in [9.17, 15) is 10.1 Å². The van der Waals surface area contributed by atoms with Crippen LogP contribution in [0.25, 0.3) is 22.3 Å². The Balaban J connectivity index is 1.91. The van der Waals surface area contributed by atoms with Crippen molar-refractivity contribution in [2.45, 2.75) is 26.1 Å². The minimum atomic E-state index is -0.310. The lowest BCUT2D eigenvalue weighted by Crippen LogP contribution is -2.19. The van der Waals surface area contributed by atoms with E-state index in [0.717, 1.165) is 12.8 Å². The van der Waals surface area contributed by atoms with Crippen molar-refractivity contribution in [2.24, 2.45) is 0 Å². The maximum Gasteiger partial charge on any atom is 0.277 e. The Hall–Kier alpha value is -2.88. The number of benzene rings is 3. The van der Waals surface area contributed by atoms with E-state index in [1.54, 1.807) is 12.1 Å². The second-order valence-electron chi connectivity index (χ2n) is 7.39. The second kappa shape index (κ2) is 5.84. The van der Waals surface area contributed by atoms with Gasteiger partial charge in [-0.25, -0.2) is 0 Å². The Bertz CT molecular complexity index is 1040. The van der Waals surface area contributed by atoms with Crippen molar-refractivity contribution in [3.05, 3.63) is 81.9 Å². The third-order valence-corrected chi connectivity index (χ3v) is 5.56. The van der Waals surface area contributed by atoms with Gasteiger partial charge in [0.05, 0.1) is 10.5 Å². The van der Waals surface area contributed by atoms with Crippen LogP contribution >= 0.6 is 0 Å². The predicted molar refractivity (Wildman–Crippen MR) is 109 cm³/mol. The van der Waals surface area contributed by atoms with Gasteiger partial charge in [0.2, 0.25) is 0 Å². The Morgan fingerprint density at radius 1 is 0.885 bits per heavy atom. The fourth-order valence-corrected chi connectivity index (χ4v) is 4.05. The summed E-state index contributed by atoms with van der Waals surface area (Å²) in [5.41, 5.74) is 8.01. The lowest BCUT2D eigenvalue weighted by Gasteiger charge is -2.22. The lowest BCUT2D eigenvalue weighted by molar-refractivity contribution is -0.384. The second-order valence-corrected chi connectivity index (χ2v) is 7.39. The number of fused-ring (bicyclic) bond motifs is 3. The van der Waals surface area contributed by atoms with Crippen molar-refractivity contribution < 1.29 is 4.92 Å². The van der Waals surface area contributed by atoms with Gasteiger partial charge >= 0.3 is 0 Å². The molecule has 0 saturated carbocycles. The Kier molecular flexibility index (Phi) is 3.72. The summed E-state index contributed by atoms with van der Waals surface area (Å²) in [6, 6.07) is 19.9. The molecular formula is C22H20BNO2. The Labute approximate surface area is 154 Å². The smallest absolute Gasteiger partial charge is 0.258 e. The number of rotatable bonds is 3. The molecule has 3 aromatic rings. The molecule has 26 heavy (non-hydrogen) atoms. The molecule has 0 aromatic heterocycles. The first kappa shape index (κ1) is 16.6. The van der Waals surface area contributed by atoms with Crippen molar-refractivity contribution in [3.8, 4) is 22.3 Å². The number of nitro groups is 1. The summed E-state index contributed by atoms with van der Waals surface area (Å²) in [4.78, 5) is 11.1. The van der Waals surface area contributed by atoms with Crippen LogP contribution < -0.4 is 5.46 Å². The molecule has 3 aromatic carbocycles. The summed E-state index contributed by atoms with van der Waals surface area (Å²) >= 11 is 0. The van der Waals surface area contributed by atoms with Gasteiger partial charge in [-0.15, -0.1) is 0 Å². The van der Waals surface area contributed by atoms with E-state index >= 15 is 0 Å². The maximum absolute atomic E-state index is 11.4. The van der Waals surface area contributed by atoms with Crippen molar-refractivity contribution in [1.82, 2.24) is 0 Å². The zero-order valence-corrected chi connectivity index (χ0v) is 15.2. The van der Waals surface area contributed by atoms with Crippen molar-refractivity contribution >= 4 is 18.4 Å². The molecule has 0 heterocycles. The van der Waals surface area contributed by atoms with E-state index in [4.69, 9.17) is 0 Å². The maximum atomic E-state index is 11.4. The molecule has 1 aliphatic rings. The molecule has 1 aliphatic carbocycles. The average molecular weight is 341 g/mol. The summed E-state index contributed by atoms with van der Waals surface area (Å²) in [5, 5.41) is 11.4. The molecule has 0 unspecified atom stereocenters. The van der Waals surface area contributed by atoms with Crippen molar-refractivity contribution in [1.29, 1.82) is 0 Å². The molecule has 4 rings (SSSR count). The molecule has 0 aliphatic heterocycles. The molecular weight excluding hydrogens is 321 g/mol. The summed E-state index contributed by atoms with van der Waals surface area (Å²) in [5.74, 6) is 0. The molecule has 0 amide bonds. The Morgan fingerprint density at radius 3 is 2.23 bits per heavy atom. The van der Waals surface area contributed by atoms with E-state index in [-0.39, 0.29) is 16.0 Å². The van der Waals surface area contributed by atoms with E-state index in [1.165, 1.54) is 27.7 Å². The molecule has 0 atom stereocenters. The van der Waals surface area contributed by atoms with Crippen molar-refractivity contribution in [2.75, 3.05) is 0 Å². The summed E-state index contributed by atoms with van der Waals surface area (Å²) in [6.45, 7) is 6.64. The molecule has 0 bridgehead atoms. The number of hydrogen-bond acceptors (Lipinski definition) is 2. The third-order valence-electron chi connectivity index (χ3n) is 5.56. The number of para-hydroxylation sites is 1. The standard InChI is InChI=1S/C22H20BNO2/c1-22(2)19-12-14(16-6-4-5-7-21(16)24(25)26)8-10-17(19)18-11-9-15(23-3)13-20(18)22/h4-13,23H,1-3H3. The molecule has 0 N–H and O–H groups in total. The zero-order chi connectivity index (χ0) is 18.5. The normalized spacial score (nSPS) is 13.8. The summed E-state index contributed by atoms with van der Waals surface area (Å²) in [7, 11) is 1.02. The molecule has 0 saturated heterocycles. The van der Waals surface area contributed by atoms with Crippen LogP contribution in [-0.2, 0) is 5.41 Å². The fourth-order valence-electron chi connectivity index (χ4n) is 4.05. The monoisotopic (exact) mass is 341 g/mol. The van der Waals surface area contributed by atoms with Crippen LogP contribution in [0.15, 0.2) is 60.7 Å². The van der Waals surface area contributed by atoms with Crippen LogP contribution in [0, 0.1) is 10.1 Å². The molecule has 128 valence electrons. The number of nitro benzene ring substituents is 1. The first-order chi connectivity index (χ1) is 12.4. The highest BCUT2D eigenvalue weighted by Gasteiger charge is 2.35. The molecule has 0 fully saturated rings. The highest BCUT2D eigenvalue weighted by molar-refractivity contribution is 6.52. The fraction of sp³-hybridized carbons (Fsp3) is 0.182. The largest absolute Gasteiger partial charge is 0.277 e. The summed E-state index contributed by atoms with van der Waals surface area (Å²) in [6.07, 6.45) is 0. The number of hydrogen-bond donors (Lipinski definition) is 0. The average Bonchev–Trinajstić information content (AvgIpc) is 2.88. The third kappa shape index (κ3) is 2.37. The highest BCUT2D eigenvalue weighted by Crippen LogP contribution is 2.49. The van der Waals surface area contributed by atoms with Gasteiger partial charge in [-0.3, -0.25) is 10.1 Å². The Morgan fingerprint density at radius 2 is 1.54 bits per heavy atom. The molecule has 0 spiro atoms. The van der Waals surface area contributed by atoms with E-state index in [2.05, 4.69) is 51.0 Å². The molecule has 3 nitrogen and oxygen atoms in total. The number of nitrogens with zero attached hydrogens (tertiary/aromatic N) is 1. The van der Waals surface area contributed by atoms with Crippen molar-refractivity contribution in [3.63, 3.8) is 0 Å².